The average Bonchev–Trinajstić information content (AvgIpc) is 3.13. The highest BCUT2D eigenvalue weighted by Gasteiger charge is 2.37. The fraction of sp³-hybridized carbons (Fsp3) is 0.217. The summed E-state index contributed by atoms with van der Waals surface area (Å²) in [5, 5.41) is 3.31. The van der Waals surface area contributed by atoms with Gasteiger partial charge in [0.05, 0.1) is 17.8 Å². The molecule has 1 aromatic heterocycles. The Kier molecular flexibility index (Phi) is 4.74. The second kappa shape index (κ2) is 7.35. The molecule has 0 amide bonds. The van der Waals surface area contributed by atoms with E-state index >= 15 is 0 Å². The molecule has 2 aromatic carbocycles. The van der Waals surface area contributed by atoms with Gasteiger partial charge in [0.1, 0.15) is 12.1 Å². The van der Waals surface area contributed by atoms with E-state index < -0.39 is 0 Å². The van der Waals surface area contributed by atoms with Crippen LogP contribution in [0, 0.1) is 6.92 Å². The Morgan fingerprint density at radius 2 is 1.86 bits per heavy atom. The summed E-state index contributed by atoms with van der Waals surface area (Å²) in [4.78, 5) is 8.29. The third kappa shape index (κ3) is 3.20. The number of benzene rings is 2. The highest BCUT2D eigenvalue weighted by molar-refractivity contribution is 5.64. The second-order valence-corrected chi connectivity index (χ2v) is 7.05. The zero-order chi connectivity index (χ0) is 19.6. The first kappa shape index (κ1) is 18.0. The molecule has 28 heavy (non-hydrogen) atoms. The molecule has 142 valence electrons. The average molecular weight is 372 g/mol. The number of hydrogen-bond acceptors (Lipinski definition) is 5. The Hall–Kier alpha value is -3.34. The minimum absolute atomic E-state index is 0.342. The van der Waals surface area contributed by atoms with Crippen molar-refractivity contribution in [2.75, 3.05) is 13.2 Å². The lowest BCUT2D eigenvalue weighted by molar-refractivity contribution is 0.337. The van der Waals surface area contributed by atoms with Crippen LogP contribution >= 0.6 is 0 Å². The molecule has 3 aromatic rings. The fourth-order valence-corrected chi connectivity index (χ4v) is 3.82. The monoisotopic (exact) mass is 372 g/mol. The van der Waals surface area contributed by atoms with Gasteiger partial charge in [0.15, 0.2) is 0 Å². The highest BCUT2D eigenvalue weighted by atomic mass is 16.5. The first-order valence-corrected chi connectivity index (χ1v) is 9.44. The van der Waals surface area contributed by atoms with Gasteiger partial charge in [0.25, 0.3) is 0 Å². The number of ether oxygens (including phenoxy) is 1. The van der Waals surface area contributed by atoms with Crippen LogP contribution < -0.4 is 15.8 Å². The van der Waals surface area contributed by atoms with E-state index in [4.69, 9.17) is 10.5 Å². The van der Waals surface area contributed by atoms with Crippen molar-refractivity contribution in [3.8, 4) is 16.9 Å². The van der Waals surface area contributed by atoms with Crippen LogP contribution in [0.3, 0.4) is 0 Å². The van der Waals surface area contributed by atoms with Crippen LogP contribution in [0.5, 0.6) is 5.75 Å². The van der Waals surface area contributed by atoms with E-state index in [1.807, 2.05) is 25.4 Å². The number of nitrogens with zero attached hydrogens (tertiary/aromatic N) is 2. The molecule has 1 aliphatic rings. The predicted octanol–water partition coefficient (Wildman–Crippen LogP) is 3.54. The number of nitrogens with two attached hydrogens (primary N) is 1. The number of rotatable bonds is 5. The molecular formula is C23H24N4O. The molecule has 3 N–H and O–H groups in total. The number of nitrogens with one attached hydrogen (secondary N) is 1. The van der Waals surface area contributed by atoms with Gasteiger partial charge in [0, 0.05) is 24.5 Å². The van der Waals surface area contributed by atoms with Gasteiger partial charge < -0.3 is 15.8 Å². The van der Waals surface area contributed by atoms with Gasteiger partial charge in [0.2, 0.25) is 0 Å². The van der Waals surface area contributed by atoms with Crippen molar-refractivity contribution < 1.29 is 4.74 Å². The molecular weight excluding hydrogens is 348 g/mol. The molecule has 0 fully saturated rings. The van der Waals surface area contributed by atoms with E-state index in [-0.39, 0.29) is 5.41 Å². The first-order chi connectivity index (χ1) is 13.6. The van der Waals surface area contributed by atoms with Crippen LogP contribution in [0.4, 0.5) is 0 Å². The molecule has 4 rings (SSSR count). The van der Waals surface area contributed by atoms with Gasteiger partial charge in [-0.1, -0.05) is 30.3 Å². The maximum atomic E-state index is 6.16. The SMILES string of the molecule is CCOc1ccc(C2(c3cccc(-c4cncnc4)c3)C=C(N)NC2)cc1C. The number of aromatic nitrogens is 2. The third-order valence-electron chi connectivity index (χ3n) is 5.23. The Morgan fingerprint density at radius 1 is 1.07 bits per heavy atom. The van der Waals surface area contributed by atoms with Crippen molar-refractivity contribution in [3.05, 3.63) is 89.8 Å². The summed E-state index contributed by atoms with van der Waals surface area (Å²) < 4.78 is 5.72. The molecule has 5 heteroatoms. The maximum absolute atomic E-state index is 6.16. The Bertz CT molecular complexity index is 1020. The molecule has 1 aliphatic heterocycles. The van der Waals surface area contributed by atoms with E-state index in [0.717, 1.165) is 22.4 Å². The summed E-state index contributed by atoms with van der Waals surface area (Å²) in [7, 11) is 0. The Morgan fingerprint density at radius 3 is 2.54 bits per heavy atom. The number of aryl methyl sites for hydroxylation is 1. The summed E-state index contributed by atoms with van der Waals surface area (Å²) in [5.41, 5.74) is 11.4. The molecule has 5 nitrogen and oxygen atoms in total. The quantitative estimate of drug-likeness (QED) is 0.717. The normalized spacial score (nSPS) is 18.4. The highest BCUT2D eigenvalue weighted by Crippen LogP contribution is 2.39. The van der Waals surface area contributed by atoms with E-state index in [0.29, 0.717) is 19.0 Å². The van der Waals surface area contributed by atoms with E-state index in [1.54, 1.807) is 6.33 Å². The van der Waals surface area contributed by atoms with E-state index in [9.17, 15) is 0 Å². The van der Waals surface area contributed by atoms with Crippen LogP contribution in [0.15, 0.2) is 73.1 Å². The van der Waals surface area contributed by atoms with Crippen LogP contribution in [0.2, 0.25) is 0 Å². The number of hydrogen-bond donors (Lipinski definition) is 2. The topological polar surface area (TPSA) is 73.1 Å². The lowest BCUT2D eigenvalue weighted by Gasteiger charge is -2.29. The zero-order valence-electron chi connectivity index (χ0n) is 16.1. The van der Waals surface area contributed by atoms with Gasteiger partial charge in [-0.05, 0) is 54.3 Å². The van der Waals surface area contributed by atoms with Gasteiger partial charge in [-0.2, -0.15) is 0 Å². The summed E-state index contributed by atoms with van der Waals surface area (Å²) >= 11 is 0. The molecule has 0 saturated carbocycles. The Labute approximate surface area is 165 Å². The largest absolute Gasteiger partial charge is 0.494 e. The molecule has 0 aliphatic carbocycles. The van der Waals surface area contributed by atoms with Crippen molar-refractivity contribution in [1.82, 2.24) is 15.3 Å². The molecule has 1 unspecified atom stereocenters. The smallest absolute Gasteiger partial charge is 0.122 e. The minimum atomic E-state index is -0.342. The van der Waals surface area contributed by atoms with Crippen molar-refractivity contribution in [2.45, 2.75) is 19.3 Å². The van der Waals surface area contributed by atoms with Crippen LogP contribution in [0.1, 0.15) is 23.6 Å². The molecule has 1 atom stereocenters. The predicted molar refractivity (Wildman–Crippen MR) is 111 cm³/mol. The Balaban J connectivity index is 1.83. The van der Waals surface area contributed by atoms with E-state index in [1.165, 1.54) is 11.1 Å². The van der Waals surface area contributed by atoms with Gasteiger partial charge in [-0.25, -0.2) is 9.97 Å². The van der Waals surface area contributed by atoms with Gasteiger partial charge in [-0.15, -0.1) is 0 Å². The van der Waals surface area contributed by atoms with Crippen LogP contribution in [-0.2, 0) is 5.41 Å². The van der Waals surface area contributed by atoms with Crippen LogP contribution in [0.25, 0.3) is 11.1 Å². The standard InChI is InChI=1S/C23H24N4O/c1-3-28-21-8-7-20(9-16(21)2)23(11-22(24)27-14-23)19-6-4-5-17(10-19)18-12-25-15-26-13-18/h4-13,15,27H,3,14,24H2,1-2H3. The fourth-order valence-electron chi connectivity index (χ4n) is 3.82. The molecule has 0 bridgehead atoms. The zero-order valence-corrected chi connectivity index (χ0v) is 16.1. The maximum Gasteiger partial charge on any atom is 0.122 e. The molecule has 0 spiro atoms. The first-order valence-electron chi connectivity index (χ1n) is 9.44. The van der Waals surface area contributed by atoms with Gasteiger partial charge in [-0.3, -0.25) is 0 Å². The van der Waals surface area contributed by atoms with E-state index in [2.05, 4.69) is 64.7 Å². The van der Waals surface area contributed by atoms with Gasteiger partial charge >= 0.3 is 0 Å². The van der Waals surface area contributed by atoms with Crippen LogP contribution in [-0.4, -0.2) is 23.1 Å². The summed E-state index contributed by atoms with van der Waals surface area (Å²) in [6, 6.07) is 14.9. The molecule has 2 heterocycles. The van der Waals surface area contributed by atoms with Crippen molar-refractivity contribution in [3.63, 3.8) is 0 Å². The summed E-state index contributed by atoms with van der Waals surface area (Å²) in [5.74, 6) is 1.61. The lowest BCUT2D eigenvalue weighted by atomic mass is 9.74. The summed E-state index contributed by atoms with van der Waals surface area (Å²) in [6.45, 7) is 5.44. The minimum Gasteiger partial charge on any atom is -0.494 e. The summed E-state index contributed by atoms with van der Waals surface area (Å²) in [6.07, 6.45) is 7.32. The second-order valence-electron chi connectivity index (χ2n) is 7.05. The molecule has 0 radical (unpaired) electrons. The molecule has 0 saturated heterocycles. The third-order valence-corrected chi connectivity index (χ3v) is 5.23. The van der Waals surface area contributed by atoms with Crippen molar-refractivity contribution in [2.24, 2.45) is 5.73 Å². The van der Waals surface area contributed by atoms with Crippen molar-refractivity contribution >= 4 is 0 Å². The van der Waals surface area contributed by atoms with Crippen molar-refractivity contribution in [1.29, 1.82) is 0 Å². The lowest BCUT2D eigenvalue weighted by Crippen LogP contribution is -2.31.